The van der Waals surface area contributed by atoms with Gasteiger partial charge in [0.15, 0.2) is 6.10 Å². The third-order valence-corrected chi connectivity index (χ3v) is 14.9. The summed E-state index contributed by atoms with van der Waals surface area (Å²) < 4.78 is 16.9. The van der Waals surface area contributed by atoms with Crippen LogP contribution in [-0.4, -0.2) is 37.2 Å². The standard InChI is InChI=1S/C74H128O6/c1-4-7-10-13-16-19-22-25-27-29-31-33-35-36-37-38-39-41-42-44-46-49-52-55-58-61-64-67-73(76)79-70-71(69-78-72(75)66-63-60-57-54-51-48-24-21-18-15-12-9-6-3)80-74(77)68-65-62-59-56-53-50-47-45-43-40-34-32-30-28-26-23-20-17-14-11-8-5-2/h7,10,16,19,25,27,31,33,36-37,39,41,44,46,52,55,71H,4-6,8-9,11-15,17-18,20-24,26,28-30,32,34-35,38,40,42-43,45,47-51,53-54,56-70H2,1-3H3/b10-7-,19-16-,27-25-,33-31-,37-36-,41-39-,46-44-,55-52-. The van der Waals surface area contributed by atoms with E-state index in [1.165, 1.54) is 186 Å². The van der Waals surface area contributed by atoms with E-state index in [1.807, 2.05) is 0 Å². The molecule has 6 heteroatoms. The molecule has 0 fully saturated rings. The average Bonchev–Trinajstić information content (AvgIpc) is 3.46. The zero-order valence-corrected chi connectivity index (χ0v) is 52.8. The first-order valence-corrected chi connectivity index (χ1v) is 34.2. The second-order valence-corrected chi connectivity index (χ2v) is 22.7. The summed E-state index contributed by atoms with van der Waals surface area (Å²) in [6, 6.07) is 0. The largest absolute Gasteiger partial charge is 0.462 e. The molecule has 460 valence electrons. The molecule has 0 radical (unpaired) electrons. The fourth-order valence-corrected chi connectivity index (χ4v) is 9.76. The first kappa shape index (κ1) is 76.3. The first-order valence-electron chi connectivity index (χ1n) is 34.2. The van der Waals surface area contributed by atoms with Crippen molar-refractivity contribution < 1.29 is 28.6 Å². The molecule has 0 saturated carbocycles. The number of hydrogen-bond acceptors (Lipinski definition) is 6. The van der Waals surface area contributed by atoms with Crippen LogP contribution in [0.2, 0.25) is 0 Å². The number of ether oxygens (including phenoxy) is 3. The lowest BCUT2D eigenvalue weighted by Crippen LogP contribution is -2.30. The number of allylic oxidation sites excluding steroid dienone is 16. The maximum absolute atomic E-state index is 12.9. The Morgan fingerprint density at radius 1 is 0.263 bits per heavy atom. The van der Waals surface area contributed by atoms with E-state index < -0.39 is 6.10 Å². The highest BCUT2D eigenvalue weighted by Gasteiger charge is 2.19. The molecule has 1 unspecified atom stereocenters. The Hall–Kier alpha value is -3.67. The summed E-state index contributed by atoms with van der Waals surface area (Å²) in [5, 5.41) is 0. The van der Waals surface area contributed by atoms with Crippen molar-refractivity contribution in [2.24, 2.45) is 0 Å². The van der Waals surface area contributed by atoms with Gasteiger partial charge in [0.25, 0.3) is 0 Å². The summed E-state index contributed by atoms with van der Waals surface area (Å²) in [7, 11) is 0. The topological polar surface area (TPSA) is 78.9 Å². The Morgan fingerprint density at radius 2 is 0.487 bits per heavy atom. The van der Waals surface area contributed by atoms with E-state index in [4.69, 9.17) is 14.2 Å². The predicted octanol–water partition coefficient (Wildman–Crippen LogP) is 23.6. The molecule has 0 aliphatic heterocycles. The van der Waals surface area contributed by atoms with E-state index in [0.717, 1.165) is 109 Å². The Kier molecular flexibility index (Phi) is 64.7. The van der Waals surface area contributed by atoms with Crippen LogP contribution in [0.25, 0.3) is 0 Å². The molecule has 0 heterocycles. The van der Waals surface area contributed by atoms with Gasteiger partial charge in [0.1, 0.15) is 13.2 Å². The molecule has 0 aliphatic rings. The summed E-state index contributed by atoms with van der Waals surface area (Å²) in [4.78, 5) is 38.4. The molecule has 0 N–H and O–H groups in total. The zero-order chi connectivity index (χ0) is 57.8. The fourth-order valence-electron chi connectivity index (χ4n) is 9.76. The molecule has 0 aromatic carbocycles. The van der Waals surface area contributed by atoms with E-state index in [0.29, 0.717) is 19.3 Å². The minimum Gasteiger partial charge on any atom is -0.462 e. The number of unbranched alkanes of at least 4 members (excludes halogenated alkanes) is 35. The Balaban J connectivity index is 4.38. The van der Waals surface area contributed by atoms with E-state index >= 15 is 0 Å². The number of esters is 3. The van der Waals surface area contributed by atoms with Gasteiger partial charge in [0, 0.05) is 19.3 Å². The van der Waals surface area contributed by atoms with Crippen molar-refractivity contribution in [1.82, 2.24) is 0 Å². The molecule has 1 atom stereocenters. The Morgan fingerprint density at radius 3 is 0.762 bits per heavy atom. The third-order valence-electron chi connectivity index (χ3n) is 14.9. The Bertz CT molecular complexity index is 1560. The molecule has 0 spiro atoms. The normalized spacial score (nSPS) is 12.7. The van der Waals surface area contributed by atoms with Gasteiger partial charge in [-0.1, -0.05) is 330 Å². The third kappa shape index (κ3) is 65.1. The van der Waals surface area contributed by atoms with Crippen LogP contribution >= 0.6 is 0 Å². The molecule has 0 aliphatic carbocycles. The van der Waals surface area contributed by atoms with Crippen LogP contribution in [0.3, 0.4) is 0 Å². The van der Waals surface area contributed by atoms with Crippen LogP contribution in [0.15, 0.2) is 97.2 Å². The van der Waals surface area contributed by atoms with Gasteiger partial charge >= 0.3 is 17.9 Å². The number of rotatable bonds is 62. The second kappa shape index (κ2) is 67.8. The maximum Gasteiger partial charge on any atom is 0.306 e. The molecule has 0 rings (SSSR count). The van der Waals surface area contributed by atoms with Crippen LogP contribution in [-0.2, 0) is 28.6 Å². The number of carbonyl (C=O) groups is 3. The van der Waals surface area contributed by atoms with Gasteiger partial charge in [0.2, 0.25) is 0 Å². The molecule has 0 saturated heterocycles. The van der Waals surface area contributed by atoms with Crippen molar-refractivity contribution in [3.8, 4) is 0 Å². The highest BCUT2D eigenvalue weighted by Crippen LogP contribution is 2.17. The van der Waals surface area contributed by atoms with Crippen molar-refractivity contribution in [1.29, 1.82) is 0 Å². The van der Waals surface area contributed by atoms with Crippen LogP contribution < -0.4 is 0 Å². The van der Waals surface area contributed by atoms with Crippen molar-refractivity contribution in [3.05, 3.63) is 97.2 Å². The van der Waals surface area contributed by atoms with Gasteiger partial charge in [-0.25, -0.2) is 0 Å². The maximum atomic E-state index is 12.9. The molecular formula is C74H128O6. The van der Waals surface area contributed by atoms with Crippen LogP contribution in [0.1, 0.15) is 335 Å². The van der Waals surface area contributed by atoms with Crippen LogP contribution in [0.5, 0.6) is 0 Å². The van der Waals surface area contributed by atoms with Crippen molar-refractivity contribution in [3.63, 3.8) is 0 Å². The average molecular weight is 1110 g/mol. The Labute approximate surface area is 496 Å². The van der Waals surface area contributed by atoms with Gasteiger partial charge in [-0.3, -0.25) is 14.4 Å². The second-order valence-electron chi connectivity index (χ2n) is 22.7. The van der Waals surface area contributed by atoms with Crippen LogP contribution in [0.4, 0.5) is 0 Å². The summed E-state index contributed by atoms with van der Waals surface area (Å²) in [6.45, 7) is 6.53. The minimum absolute atomic E-state index is 0.0870. The van der Waals surface area contributed by atoms with E-state index in [1.54, 1.807) is 0 Å². The predicted molar refractivity (Wildman–Crippen MR) is 348 cm³/mol. The molecule has 6 nitrogen and oxygen atoms in total. The molecule has 0 aromatic rings. The van der Waals surface area contributed by atoms with Crippen LogP contribution in [0, 0.1) is 0 Å². The first-order chi connectivity index (χ1) is 39.5. The van der Waals surface area contributed by atoms with Crippen molar-refractivity contribution >= 4 is 17.9 Å². The lowest BCUT2D eigenvalue weighted by Gasteiger charge is -2.18. The summed E-state index contributed by atoms with van der Waals surface area (Å²) >= 11 is 0. The SMILES string of the molecule is CC/C=C\C/C=C\C/C=C\C/C=C\C/C=C\C/C=C\C/C=C\C/C=C\CCCCC(=O)OCC(COC(=O)CCCCCCCCCCCCCCC)OC(=O)CCCCCCCCCCCCCCCCCCCCCCCC. The smallest absolute Gasteiger partial charge is 0.306 e. The van der Waals surface area contributed by atoms with Gasteiger partial charge in [-0.2, -0.15) is 0 Å². The minimum atomic E-state index is -0.794. The highest BCUT2D eigenvalue weighted by molar-refractivity contribution is 5.71. The lowest BCUT2D eigenvalue weighted by atomic mass is 10.0. The lowest BCUT2D eigenvalue weighted by molar-refractivity contribution is -0.167. The van der Waals surface area contributed by atoms with Gasteiger partial charge in [0.05, 0.1) is 0 Å². The van der Waals surface area contributed by atoms with Gasteiger partial charge in [-0.05, 0) is 83.5 Å². The van der Waals surface area contributed by atoms with Crippen molar-refractivity contribution in [2.75, 3.05) is 13.2 Å². The molecule has 0 amide bonds. The zero-order valence-electron chi connectivity index (χ0n) is 52.8. The summed E-state index contributed by atoms with van der Waals surface area (Å²) in [6.07, 6.45) is 91.4. The monoisotopic (exact) mass is 1110 g/mol. The van der Waals surface area contributed by atoms with Gasteiger partial charge in [-0.15, -0.1) is 0 Å². The fraction of sp³-hybridized carbons (Fsp3) is 0.743. The molecule has 80 heavy (non-hydrogen) atoms. The highest BCUT2D eigenvalue weighted by atomic mass is 16.6. The van der Waals surface area contributed by atoms with E-state index in [9.17, 15) is 14.4 Å². The van der Waals surface area contributed by atoms with Crippen molar-refractivity contribution in [2.45, 2.75) is 341 Å². The molecular weight excluding hydrogens is 985 g/mol. The van der Waals surface area contributed by atoms with E-state index in [-0.39, 0.29) is 31.1 Å². The molecule has 0 aromatic heterocycles. The number of hydrogen-bond donors (Lipinski definition) is 0. The number of carbonyl (C=O) groups excluding carboxylic acids is 3. The van der Waals surface area contributed by atoms with E-state index in [2.05, 4.69) is 118 Å². The molecule has 0 bridgehead atoms. The summed E-state index contributed by atoms with van der Waals surface area (Å²) in [5.74, 6) is -0.916. The van der Waals surface area contributed by atoms with Gasteiger partial charge < -0.3 is 14.2 Å². The quantitative estimate of drug-likeness (QED) is 0.0261. The summed E-state index contributed by atoms with van der Waals surface area (Å²) in [5.41, 5.74) is 0.